The van der Waals surface area contributed by atoms with E-state index < -0.39 is 107 Å². The van der Waals surface area contributed by atoms with Gasteiger partial charge in [-0.3, -0.25) is 62.9 Å². The van der Waals surface area contributed by atoms with Crippen LogP contribution < -0.4 is 10.6 Å². The van der Waals surface area contributed by atoms with Crippen LogP contribution in [0.5, 0.6) is 0 Å². The Hall–Kier alpha value is -7.21. The quantitative estimate of drug-likeness (QED) is 0.133. The number of carboxylic acid groups (broad SMARTS) is 2. The third-order valence-corrected chi connectivity index (χ3v) is 15.2. The van der Waals surface area contributed by atoms with Crippen LogP contribution in [0, 0.1) is 44.4 Å². The first-order valence-corrected chi connectivity index (χ1v) is 23.4. The number of benzene rings is 2. The number of amides is 7. The number of fused-ring (bicyclic) bond motifs is 4. The van der Waals surface area contributed by atoms with Gasteiger partial charge in [-0.1, -0.05) is 29.8 Å². The number of aliphatic carboxylic acids is 2. The molecule has 6 heterocycles. The summed E-state index contributed by atoms with van der Waals surface area (Å²) >= 11 is 7.81. The zero-order chi connectivity index (χ0) is 50.2. The van der Waals surface area contributed by atoms with E-state index >= 15 is 0 Å². The lowest BCUT2D eigenvalue weighted by atomic mass is 9.62. The summed E-state index contributed by atoms with van der Waals surface area (Å²) in [5.74, 6) is -17.9. The molecular weight excluding hydrogens is 954 g/mol. The number of anilines is 1. The van der Waals surface area contributed by atoms with Crippen LogP contribution in [0.2, 0.25) is 5.02 Å². The standard InChI is InChI=1S/C46H44ClN9O13S/c1-18-19(2)70-44-29(18)35(21-7-9-22(47)10-8-21)48-25(17-27-52-51-20(3)55(27)44)41(63)53-13-15-54(16-14-53)42(64)33-32(45(66)67)31(34(46(68)69)37(59)36(33)58)39(61)49-24-6-4-5-23-30(24)43(65)56(40(23)62)26-11-12-28(57)50-38(26)60/h4-10,25-26,31-34,36-37,58-59H,11-17H2,1-3H3,(H,49,61)(H,66,67)(H,68,69)(H,50,57,60). The lowest BCUT2D eigenvalue weighted by Crippen LogP contribution is -2.64. The van der Waals surface area contributed by atoms with E-state index in [1.54, 1.807) is 23.5 Å². The van der Waals surface area contributed by atoms with Crippen LogP contribution in [0.4, 0.5) is 5.69 Å². The Kier molecular flexibility index (Phi) is 12.5. The SMILES string of the molecule is Cc1sc2c(c1C)C(c1ccc(Cl)cc1)=NC(C(=O)N1CCN(C(=O)C3C(O)C(O)C(C(=O)O)C(C(=O)Nc4cccc5c4C(=O)N(C4CCC(=O)NC4=O)C5=O)C3C(=O)O)CC1)Cc1nnc(C)n1-2. The van der Waals surface area contributed by atoms with E-state index in [0.717, 1.165) is 21.0 Å². The van der Waals surface area contributed by atoms with E-state index in [1.165, 1.54) is 28.0 Å². The maximum Gasteiger partial charge on any atom is 0.310 e. The first kappa shape index (κ1) is 47.8. The van der Waals surface area contributed by atoms with Gasteiger partial charge in [-0.25, -0.2) is 0 Å². The Morgan fingerprint density at radius 1 is 0.786 bits per heavy atom. The van der Waals surface area contributed by atoms with Gasteiger partial charge in [-0.05, 0) is 57.0 Å². The number of piperazine rings is 1. The number of rotatable bonds is 8. The predicted octanol–water partition coefficient (Wildman–Crippen LogP) is 0.750. The average molecular weight is 998 g/mol. The molecule has 24 heteroatoms. The molecule has 0 spiro atoms. The number of carbonyl (C=O) groups is 9. The Morgan fingerprint density at radius 3 is 2.07 bits per heavy atom. The van der Waals surface area contributed by atoms with E-state index in [0.29, 0.717) is 32.8 Å². The van der Waals surface area contributed by atoms with Crippen LogP contribution in [-0.4, -0.2) is 159 Å². The van der Waals surface area contributed by atoms with Gasteiger partial charge in [-0.15, -0.1) is 21.5 Å². The van der Waals surface area contributed by atoms with Gasteiger partial charge < -0.3 is 35.5 Å². The minimum Gasteiger partial charge on any atom is -0.481 e. The summed E-state index contributed by atoms with van der Waals surface area (Å²) in [5, 5.41) is 58.2. The van der Waals surface area contributed by atoms with Crippen molar-refractivity contribution in [2.45, 2.75) is 64.3 Å². The molecule has 8 atom stereocenters. The number of carbonyl (C=O) groups excluding carboxylic acids is 7. The molecule has 6 N–H and O–H groups in total. The molecule has 8 unspecified atom stereocenters. The first-order valence-electron chi connectivity index (χ1n) is 22.2. The summed E-state index contributed by atoms with van der Waals surface area (Å²) < 4.78 is 1.91. The largest absolute Gasteiger partial charge is 0.481 e. The summed E-state index contributed by atoms with van der Waals surface area (Å²) in [4.78, 5) is 130. The van der Waals surface area contributed by atoms with Gasteiger partial charge >= 0.3 is 11.9 Å². The van der Waals surface area contributed by atoms with Crippen molar-refractivity contribution in [2.75, 3.05) is 31.5 Å². The molecule has 3 fully saturated rings. The lowest BCUT2D eigenvalue weighted by molar-refractivity contribution is -0.189. The highest BCUT2D eigenvalue weighted by atomic mass is 35.5. The summed E-state index contributed by atoms with van der Waals surface area (Å²) in [5.41, 5.74) is 1.96. The van der Waals surface area contributed by atoms with Gasteiger partial charge in [0.1, 0.15) is 28.7 Å². The van der Waals surface area contributed by atoms with Gasteiger partial charge in [0, 0.05) is 60.0 Å². The smallest absolute Gasteiger partial charge is 0.310 e. The number of aliphatic imine (C=N–C) groups is 1. The van der Waals surface area contributed by atoms with Crippen molar-refractivity contribution in [1.82, 2.24) is 34.8 Å². The monoisotopic (exact) mass is 997 g/mol. The molecule has 5 aliphatic rings. The summed E-state index contributed by atoms with van der Waals surface area (Å²) in [7, 11) is 0. The number of imide groups is 2. The van der Waals surface area contributed by atoms with Crippen molar-refractivity contribution in [3.05, 3.63) is 91.8 Å². The third-order valence-electron chi connectivity index (χ3n) is 13.8. The fraction of sp³-hybridized carbons (Fsp3) is 0.391. The number of hydrogen-bond donors (Lipinski definition) is 6. The molecule has 22 nitrogen and oxygen atoms in total. The number of piperidine rings is 1. The number of aliphatic hydroxyl groups excluding tert-OH is 2. The highest BCUT2D eigenvalue weighted by Gasteiger charge is 2.61. The lowest BCUT2D eigenvalue weighted by Gasteiger charge is -2.46. The number of carboxylic acids is 2. The number of nitrogens with one attached hydrogen (secondary N) is 2. The summed E-state index contributed by atoms with van der Waals surface area (Å²) in [6.45, 7) is 5.19. The van der Waals surface area contributed by atoms with Gasteiger partial charge in [-0.2, -0.15) is 0 Å². The minimum absolute atomic E-state index is 0.0559. The molecule has 7 amide bonds. The van der Waals surface area contributed by atoms with Crippen molar-refractivity contribution in [2.24, 2.45) is 28.7 Å². The Balaban J connectivity index is 0.968. The topological polar surface area (TPSA) is 311 Å². The average Bonchev–Trinajstić information content (AvgIpc) is 3.91. The maximum atomic E-state index is 14.6. The van der Waals surface area contributed by atoms with Crippen molar-refractivity contribution in [3.8, 4) is 5.00 Å². The third kappa shape index (κ3) is 8.00. The molecule has 70 heavy (non-hydrogen) atoms. The van der Waals surface area contributed by atoms with Crippen LogP contribution in [-0.2, 0) is 40.0 Å². The molecule has 0 radical (unpaired) electrons. The van der Waals surface area contributed by atoms with Crippen LogP contribution in [0.1, 0.15) is 66.8 Å². The number of aliphatic hydroxyl groups is 2. The molecule has 2 aromatic heterocycles. The fourth-order valence-electron chi connectivity index (χ4n) is 10.2. The molecule has 1 saturated carbocycles. The van der Waals surface area contributed by atoms with Crippen LogP contribution in [0.3, 0.4) is 0 Å². The highest BCUT2D eigenvalue weighted by Crippen LogP contribution is 2.43. The van der Waals surface area contributed by atoms with Crippen LogP contribution >= 0.6 is 22.9 Å². The summed E-state index contributed by atoms with van der Waals surface area (Å²) in [6, 6.07) is 8.35. The molecule has 4 aliphatic heterocycles. The second-order valence-corrected chi connectivity index (χ2v) is 19.4. The van der Waals surface area contributed by atoms with Gasteiger partial charge in [0.15, 0.2) is 0 Å². The van der Waals surface area contributed by atoms with E-state index in [-0.39, 0.29) is 56.7 Å². The predicted molar refractivity (Wildman–Crippen MR) is 244 cm³/mol. The molecule has 9 rings (SSSR count). The maximum absolute atomic E-state index is 14.6. The van der Waals surface area contributed by atoms with Crippen molar-refractivity contribution in [1.29, 1.82) is 0 Å². The van der Waals surface area contributed by atoms with Crippen molar-refractivity contribution < 1.29 is 63.6 Å². The second-order valence-electron chi connectivity index (χ2n) is 17.7. The van der Waals surface area contributed by atoms with E-state index in [9.17, 15) is 63.6 Å². The fourth-order valence-corrected chi connectivity index (χ4v) is 11.5. The number of halogens is 1. The van der Waals surface area contributed by atoms with E-state index in [4.69, 9.17) is 16.6 Å². The molecule has 1 aliphatic carbocycles. The number of thiophene rings is 1. The van der Waals surface area contributed by atoms with Gasteiger partial charge in [0.25, 0.3) is 11.8 Å². The number of nitrogens with zero attached hydrogens (tertiary/aromatic N) is 7. The van der Waals surface area contributed by atoms with E-state index in [1.807, 2.05) is 37.5 Å². The molecule has 2 saturated heterocycles. The zero-order valence-electron chi connectivity index (χ0n) is 37.5. The van der Waals surface area contributed by atoms with Crippen molar-refractivity contribution >= 4 is 87.6 Å². The molecule has 4 aromatic rings. The van der Waals surface area contributed by atoms with Crippen molar-refractivity contribution in [3.63, 3.8) is 0 Å². The van der Waals surface area contributed by atoms with Crippen LogP contribution in [0.15, 0.2) is 47.5 Å². The van der Waals surface area contributed by atoms with Gasteiger partial charge in [0.05, 0.1) is 58.4 Å². The number of aromatic nitrogens is 3. The molecule has 2 aromatic carbocycles. The number of aryl methyl sites for hydroxylation is 2. The Bertz CT molecular complexity index is 2980. The number of hydrogen-bond acceptors (Lipinski definition) is 15. The molecule has 364 valence electrons. The normalized spacial score (nSPS) is 25.5. The minimum atomic E-state index is -2.36. The zero-order valence-corrected chi connectivity index (χ0v) is 39.1. The molecular formula is C46H44ClN9O13S. The van der Waals surface area contributed by atoms with E-state index in [2.05, 4.69) is 20.8 Å². The second kappa shape index (κ2) is 18.3. The highest BCUT2D eigenvalue weighted by molar-refractivity contribution is 7.15. The Labute approximate surface area is 405 Å². The van der Waals surface area contributed by atoms with Crippen LogP contribution in [0.25, 0.3) is 5.00 Å². The van der Waals surface area contributed by atoms with Gasteiger partial charge in [0.2, 0.25) is 29.5 Å². The first-order chi connectivity index (χ1) is 33.3. The molecule has 0 bridgehead atoms. The summed E-state index contributed by atoms with van der Waals surface area (Å²) in [6.07, 6.45) is -4.95. The Morgan fingerprint density at radius 2 is 1.43 bits per heavy atom.